The average molecular weight is 498 g/mol. The quantitative estimate of drug-likeness (QED) is 0.322. The molecule has 4 aromatic rings. The molecular formula is C29H31N5OS. The molecule has 1 N–H and O–H groups in total. The zero-order valence-electron chi connectivity index (χ0n) is 21.3. The van der Waals surface area contributed by atoms with Gasteiger partial charge in [-0.2, -0.15) is 0 Å². The molecule has 1 aliphatic rings. The number of nitrogens with one attached hydrogen (secondary N) is 1. The number of hydrogen-bond donors (Lipinski definition) is 1. The van der Waals surface area contributed by atoms with Crippen molar-refractivity contribution >= 4 is 23.0 Å². The first kappa shape index (κ1) is 24.0. The second-order valence-electron chi connectivity index (χ2n) is 9.51. The molecule has 184 valence electrons. The van der Waals surface area contributed by atoms with Gasteiger partial charge < -0.3 is 19.5 Å². The predicted molar refractivity (Wildman–Crippen MR) is 148 cm³/mol. The number of aromatic nitrogens is 3. The summed E-state index contributed by atoms with van der Waals surface area (Å²) in [6.45, 7) is 10.4. The molecule has 1 aromatic carbocycles. The van der Waals surface area contributed by atoms with Crippen LogP contribution in [-0.4, -0.2) is 25.8 Å². The van der Waals surface area contributed by atoms with Crippen molar-refractivity contribution in [3.8, 4) is 11.6 Å². The molecule has 4 heterocycles. The Morgan fingerprint density at radius 2 is 1.75 bits per heavy atom. The van der Waals surface area contributed by atoms with E-state index in [4.69, 9.17) is 21.9 Å². The molecule has 1 saturated heterocycles. The van der Waals surface area contributed by atoms with E-state index in [1.807, 2.05) is 50.5 Å². The number of hydrogen-bond acceptors (Lipinski definition) is 4. The zero-order valence-corrected chi connectivity index (χ0v) is 22.1. The summed E-state index contributed by atoms with van der Waals surface area (Å²) in [6.07, 6.45) is 3.86. The monoisotopic (exact) mass is 497 g/mol. The fourth-order valence-corrected chi connectivity index (χ4v) is 5.28. The molecule has 0 aliphatic carbocycles. The van der Waals surface area contributed by atoms with Crippen molar-refractivity contribution in [3.05, 3.63) is 101 Å². The van der Waals surface area contributed by atoms with Crippen LogP contribution < -0.4 is 15.0 Å². The normalized spacial score (nSPS) is 17.5. The minimum atomic E-state index is -0.106. The highest BCUT2D eigenvalue weighted by Crippen LogP contribution is 2.43. The van der Waals surface area contributed by atoms with Crippen LogP contribution >= 0.6 is 12.2 Å². The summed E-state index contributed by atoms with van der Waals surface area (Å²) < 4.78 is 8.08. The summed E-state index contributed by atoms with van der Waals surface area (Å²) in [5.41, 5.74) is 6.53. The van der Waals surface area contributed by atoms with Crippen molar-refractivity contribution in [3.63, 3.8) is 0 Å². The maximum Gasteiger partial charge on any atom is 0.174 e. The SMILES string of the molecule is Cc1ccc(-n2c(C)cc([C@@H]3[C@H](c4ccccn4)NC(=S)N3c3ccc(OC(C)C)cc3)c2C)nc1. The van der Waals surface area contributed by atoms with Crippen molar-refractivity contribution < 1.29 is 4.74 Å². The summed E-state index contributed by atoms with van der Waals surface area (Å²) >= 11 is 5.91. The number of benzene rings is 1. The van der Waals surface area contributed by atoms with Gasteiger partial charge in [-0.1, -0.05) is 12.1 Å². The van der Waals surface area contributed by atoms with Gasteiger partial charge in [0.1, 0.15) is 11.6 Å². The van der Waals surface area contributed by atoms with Gasteiger partial charge >= 0.3 is 0 Å². The van der Waals surface area contributed by atoms with Gasteiger partial charge in [0, 0.05) is 29.5 Å². The van der Waals surface area contributed by atoms with E-state index in [-0.39, 0.29) is 18.2 Å². The molecule has 5 rings (SSSR count). The Kier molecular flexibility index (Phi) is 6.49. The molecule has 0 amide bonds. The standard InChI is InChI=1S/C29H31N5OS/c1-18(2)35-23-12-10-22(11-13-23)34-28(27(32-29(34)36)25-8-6-7-15-30-25)24-16-20(4)33(21(24)5)26-14-9-19(3)17-31-26/h6-18,27-28H,1-5H3,(H,32,36)/t27-,28+/m0/s1. The Balaban J connectivity index is 1.62. The highest BCUT2D eigenvalue weighted by atomic mass is 32.1. The second-order valence-corrected chi connectivity index (χ2v) is 9.90. The van der Waals surface area contributed by atoms with Crippen molar-refractivity contribution in [1.82, 2.24) is 19.9 Å². The van der Waals surface area contributed by atoms with E-state index in [1.165, 1.54) is 5.56 Å². The van der Waals surface area contributed by atoms with Gasteiger partial charge in [-0.15, -0.1) is 0 Å². The molecule has 7 heteroatoms. The first-order valence-electron chi connectivity index (χ1n) is 12.2. The van der Waals surface area contributed by atoms with Crippen LogP contribution in [0.1, 0.15) is 54.1 Å². The average Bonchev–Trinajstić information content (AvgIpc) is 3.35. The summed E-state index contributed by atoms with van der Waals surface area (Å²) in [5, 5.41) is 4.23. The summed E-state index contributed by atoms with van der Waals surface area (Å²) in [5.74, 6) is 1.75. The fraction of sp³-hybridized carbons (Fsp3) is 0.276. The van der Waals surface area contributed by atoms with Gasteiger partial charge in [0.15, 0.2) is 5.11 Å². The maximum atomic E-state index is 5.91. The van der Waals surface area contributed by atoms with Crippen molar-refractivity contribution in [2.75, 3.05) is 4.90 Å². The number of rotatable bonds is 6. The number of thiocarbonyl (C=S) groups is 1. The van der Waals surface area contributed by atoms with Crippen LogP contribution in [0.15, 0.2) is 73.1 Å². The lowest BCUT2D eigenvalue weighted by atomic mass is 9.96. The third-order valence-corrected chi connectivity index (χ3v) is 6.81. The minimum absolute atomic E-state index is 0.0883. The van der Waals surface area contributed by atoms with Gasteiger partial charge in [-0.05, 0) is 106 Å². The Morgan fingerprint density at radius 1 is 0.972 bits per heavy atom. The van der Waals surface area contributed by atoms with Crippen LogP contribution in [0, 0.1) is 20.8 Å². The van der Waals surface area contributed by atoms with E-state index in [2.05, 4.69) is 76.9 Å². The Morgan fingerprint density at radius 3 is 2.39 bits per heavy atom. The number of pyridine rings is 2. The maximum absolute atomic E-state index is 5.91. The van der Waals surface area contributed by atoms with Crippen molar-refractivity contribution in [2.45, 2.75) is 52.8 Å². The van der Waals surface area contributed by atoms with E-state index >= 15 is 0 Å². The van der Waals surface area contributed by atoms with E-state index < -0.39 is 0 Å². The van der Waals surface area contributed by atoms with Crippen LogP contribution in [0.3, 0.4) is 0 Å². The van der Waals surface area contributed by atoms with E-state index in [9.17, 15) is 0 Å². The minimum Gasteiger partial charge on any atom is -0.491 e. The van der Waals surface area contributed by atoms with E-state index in [0.717, 1.165) is 39.9 Å². The molecule has 1 aliphatic heterocycles. The first-order valence-corrected chi connectivity index (χ1v) is 12.6. The highest BCUT2D eigenvalue weighted by molar-refractivity contribution is 7.80. The molecule has 0 spiro atoms. The second kappa shape index (κ2) is 9.74. The lowest BCUT2D eigenvalue weighted by molar-refractivity contribution is 0.242. The lowest BCUT2D eigenvalue weighted by Crippen LogP contribution is -2.29. The molecule has 3 aromatic heterocycles. The van der Waals surface area contributed by atoms with Crippen LogP contribution in [0.5, 0.6) is 5.75 Å². The molecule has 0 saturated carbocycles. The van der Waals surface area contributed by atoms with E-state index in [1.54, 1.807) is 0 Å². The summed E-state index contributed by atoms with van der Waals surface area (Å²) in [6, 6.07) is 20.4. The molecule has 2 atom stereocenters. The Hall–Kier alpha value is -3.71. The largest absolute Gasteiger partial charge is 0.491 e. The third-order valence-electron chi connectivity index (χ3n) is 6.50. The van der Waals surface area contributed by atoms with Crippen molar-refractivity contribution in [1.29, 1.82) is 0 Å². The zero-order chi connectivity index (χ0) is 25.4. The molecule has 6 nitrogen and oxygen atoms in total. The molecule has 1 fully saturated rings. The highest BCUT2D eigenvalue weighted by Gasteiger charge is 2.42. The van der Waals surface area contributed by atoms with Crippen LogP contribution in [0.2, 0.25) is 0 Å². The topological polar surface area (TPSA) is 55.2 Å². The van der Waals surface area contributed by atoms with Gasteiger partial charge in [-0.25, -0.2) is 4.98 Å². The Bertz CT molecular complexity index is 1360. The first-order chi connectivity index (χ1) is 17.3. The summed E-state index contributed by atoms with van der Waals surface area (Å²) in [4.78, 5) is 11.6. The van der Waals surface area contributed by atoms with Gasteiger partial charge in [-0.3, -0.25) is 4.98 Å². The third kappa shape index (κ3) is 4.46. The lowest BCUT2D eigenvalue weighted by Gasteiger charge is -2.28. The Labute approximate surface area is 218 Å². The molecular weight excluding hydrogens is 466 g/mol. The van der Waals surface area contributed by atoms with Gasteiger partial charge in [0.2, 0.25) is 0 Å². The summed E-state index contributed by atoms with van der Waals surface area (Å²) in [7, 11) is 0. The van der Waals surface area contributed by atoms with Gasteiger partial charge in [0.05, 0.1) is 23.9 Å². The predicted octanol–water partition coefficient (Wildman–Crippen LogP) is 6.16. The number of nitrogens with zero attached hydrogens (tertiary/aromatic N) is 4. The van der Waals surface area contributed by atoms with Gasteiger partial charge in [0.25, 0.3) is 0 Å². The molecule has 0 unspecified atom stereocenters. The molecule has 36 heavy (non-hydrogen) atoms. The van der Waals surface area contributed by atoms with Crippen LogP contribution in [-0.2, 0) is 0 Å². The number of ether oxygens (including phenoxy) is 1. The van der Waals surface area contributed by atoms with E-state index in [0.29, 0.717) is 5.11 Å². The fourth-order valence-electron chi connectivity index (χ4n) is 4.94. The van der Waals surface area contributed by atoms with Crippen LogP contribution in [0.25, 0.3) is 5.82 Å². The smallest absolute Gasteiger partial charge is 0.174 e. The van der Waals surface area contributed by atoms with Crippen LogP contribution in [0.4, 0.5) is 5.69 Å². The molecule has 0 radical (unpaired) electrons. The van der Waals surface area contributed by atoms with Crippen molar-refractivity contribution in [2.24, 2.45) is 0 Å². The number of anilines is 1. The molecule has 0 bridgehead atoms. The number of aryl methyl sites for hydroxylation is 2.